The SMILES string of the molecule is CCNC(CC)(CCCn1nc(C)nc1C)C(=O)O. The standard InChI is InChI=1S/C13H24N4O2/c1-5-13(12(18)19,14-6-2)8-7-9-17-11(4)15-10(3)16-17/h14H,5-9H2,1-4H3,(H,18,19). The molecule has 0 aliphatic rings. The van der Waals surface area contributed by atoms with Crippen molar-refractivity contribution in [1.29, 1.82) is 0 Å². The van der Waals surface area contributed by atoms with E-state index in [9.17, 15) is 9.90 Å². The number of carboxylic acid groups (broad SMARTS) is 1. The fraction of sp³-hybridized carbons (Fsp3) is 0.769. The quantitative estimate of drug-likeness (QED) is 0.747. The molecule has 6 heteroatoms. The van der Waals surface area contributed by atoms with Gasteiger partial charge in [0.05, 0.1) is 0 Å². The van der Waals surface area contributed by atoms with Crippen LogP contribution in [0, 0.1) is 13.8 Å². The lowest BCUT2D eigenvalue weighted by Gasteiger charge is -2.29. The van der Waals surface area contributed by atoms with Crippen LogP contribution in [0.2, 0.25) is 0 Å². The van der Waals surface area contributed by atoms with Crippen LogP contribution in [0.1, 0.15) is 44.8 Å². The van der Waals surface area contributed by atoms with Crippen molar-refractivity contribution < 1.29 is 9.90 Å². The summed E-state index contributed by atoms with van der Waals surface area (Å²) in [4.78, 5) is 15.7. The first-order valence-corrected chi connectivity index (χ1v) is 6.81. The maximum atomic E-state index is 11.5. The molecule has 0 aliphatic carbocycles. The van der Waals surface area contributed by atoms with Gasteiger partial charge in [0.1, 0.15) is 17.2 Å². The second kappa shape index (κ2) is 6.65. The van der Waals surface area contributed by atoms with Crippen molar-refractivity contribution in [2.45, 2.75) is 59.0 Å². The van der Waals surface area contributed by atoms with Crippen LogP contribution in [-0.2, 0) is 11.3 Å². The predicted molar refractivity (Wildman–Crippen MR) is 73.1 cm³/mol. The zero-order valence-electron chi connectivity index (χ0n) is 12.2. The molecule has 1 aromatic rings. The number of aryl methyl sites for hydroxylation is 3. The highest BCUT2D eigenvalue weighted by Crippen LogP contribution is 2.18. The largest absolute Gasteiger partial charge is 0.480 e. The lowest BCUT2D eigenvalue weighted by Crippen LogP contribution is -2.51. The topological polar surface area (TPSA) is 80.0 Å². The molecule has 1 heterocycles. The van der Waals surface area contributed by atoms with Gasteiger partial charge in [-0.2, -0.15) is 5.10 Å². The van der Waals surface area contributed by atoms with E-state index in [-0.39, 0.29) is 0 Å². The Morgan fingerprint density at radius 1 is 1.42 bits per heavy atom. The number of likely N-dealkylation sites (N-methyl/N-ethyl adjacent to an activating group) is 1. The van der Waals surface area contributed by atoms with Crippen molar-refractivity contribution in [3.8, 4) is 0 Å². The molecule has 0 amide bonds. The Labute approximate surface area is 114 Å². The van der Waals surface area contributed by atoms with Gasteiger partial charge in [0.2, 0.25) is 0 Å². The minimum absolute atomic E-state index is 0.575. The number of hydrogen-bond acceptors (Lipinski definition) is 4. The molecular formula is C13H24N4O2. The van der Waals surface area contributed by atoms with Crippen molar-refractivity contribution in [2.24, 2.45) is 0 Å². The lowest BCUT2D eigenvalue weighted by molar-refractivity contribution is -0.145. The fourth-order valence-electron chi connectivity index (χ4n) is 2.37. The minimum Gasteiger partial charge on any atom is -0.480 e. The molecule has 1 unspecified atom stereocenters. The summed E-state index contributed by atoms with van der Waals surface area (Å²) < 4.78 is 1.84. The fourth-order valence-corrected chi connectivity index (χ4v) is 2.37. The molecular weight excluding hydrogens is 244 g/mol. The first kappa shape index (κ1) is 15.6. The zero-order valence-corrected chi connectivity index (χ0v) is 12.2. The van der Waals surface area contributed by atoms with Gasteiger partial charge in [-0.1, -0.05) is 13.8 Å². The molecule has 0 saturated heterocycles. The van der Waals surface area contributed by atoms with Crippen LogP contribution >= 0.6 is 0 Å². The van der Waals surface area contributed by atoms with Crippen LogP contribution in [0.25, 0.3) is 0 Å². The molecule has 6 nitrogen and oxygen atoms in total. The highest BCUT2D eigenvalue weighted by molar-refractivity contribution is 5.78. The summed E-state index contributed by atoms with van der Waals surface area (Å²) in [6.07, 6.45) is 1.92. The minimum atomic E-state index is -0.821. The maximum Gasteiger partial charge on any atom is 0.323 e. The average Bonchev–Trinajstić information content (AvgIpc) is 2.66. The summed E-state index contributed by atoms with van der Waals surface area (Å²) in [5.74, 6) is 0.853. The van der Waals surface area contributed by atoms with E-state index in [1.165, 1.54) is 0 Å². The van der Waals surface area contributed by atoms with Gasteiger partial charge in [-0.25, -0.2) is 4.98 Å². The molecule has 108 valence electrons. The summed E-state index contributed by atoms with van der Waals surface area (Å²) >= 11 is 0. The van der Waals surface area contributed by atoms with E-state index >= 15 is 0 Å². The summed E-state index contributed by atoms with van der Waals surface area (Å²) in [5, 5.41) is 16.8. The number of rotatable bonds is 8. The number of aliphatic carboxylic acids is 1. The molecule has 2 N–H and O–H groups in total. The second-order valence-corrected chi connectivity index (χ2v) is 4.80. The maximum absolute atomic E-state index is 11.5. The smallest absolute Gasteiger partial charge is 0.323 e. The third-order valence-electron chi connectivity index (χ3n) is 3.46. The first-order chi connectivity index (χ1) is 8.95. The van der Waals surface area contributed by atoms with E-state index < -0.39 is 11.5 Å². The molecule has 0 fully saturated rings. The van der Waals surface area contributed by atoms with Crippen LogP contribution in [0.5, 0.6) is 0 Å². The third kappa shape index (κ3) is 3.76. The normalized spacial score (nSPS) is 14.3. The molecule has 0 bridgehead atoms. The van der Waals surface area contributed by atoms with Gasteiger partial charge in [0.15, 0.2) is 0 Å². The van der Waals surface area contributed by atoms with Gasteiger partial charge in [0.25, 0.3) is 0 Å². The molecule has 19 heavy (non-hydrogen) atoms. The van der Waals surface area contributed by atoms with Crippen molar-refractivity contribution in [1.82, 2.24) is 20.1 Å². The lowest BCUT2D eigenvalue weighted by atomic mass is 9.90. The van der Waals surface area contributed by atoms with E-state index in [0.29, 0.717) is 25.9 Å². The molecule has 1 rings (SSSR count). The van der Waals surface area contributed by atoms with Crippen LogP contribution < -0.4 is 5.32 Å². The van der Waals surface area contributed by atoms with E-state index in [1.807, 2.05) is 32.4 Å². The Kier molecular flexibility index (Phi) is 5.47. The van der Waals surface area contributed by atoms with Gasteiger partial charge in [-0.15, -0.1) is 0 Å². The highest BCUT2D eigenvalue weighted by Gasteiger charge is 2.34. The van der Waals surface area contributed by atoms with Crippen molar-refractivity contribution in [2.75, 3.05) is 6.54 Å². The van der Waals surface area contributed by atoms with Crippen molar-refractivity contribution in [3.05, 3.63) is 11.6 Å². The number of carbonyl (C=O) groups is 1. The number of aromatic nitrogens is 3. The van der Waals surface area contributed by atoms with Gasteiger partial charge in [-0.05, 0) is 39.7 Å². The van der Waals surface area contributed by atoms with Crippen LogP contribution in [0.15, 0.2) is 0 Å². The van der Waals surface area contributed by atoms with E-state index in [0.717, 1.165) is 18.1 Å². The Bertz CT molecular complexity index is 430. The van der Waals surface area contributed by atoms with Crippen molar-refractivity contribution >= 4 is 5.97 Å². The Morgan fingerprint density at radius 3 is 2.53 bits per heavy atom. The second-order valence-electron chi connectivity index (χ2n) is 4.80. The Morgan fingerprint density at radius 2 is 2.11 bits per heavy atom. The molecule has 0 saturated carbocycles. The molecule has 0 spiro atoms. The average molecular weight is 268 g/mol. The third-order valence-corrected chi connectivity index (χ3v) is 3.46. The number of nitrogens with zero attached hydrogens (tertiary/aromatic N) is 3. The summed E-state index contributed by atoms with van der Waals surface area (Å²) in [5.41, 5.74) is -0.821. The number of hydrogen-bond donors (Lipinski definition) is 2. The number of carboxylic acids is 1. The molecule has 0 aromatic carbocycles. The van der Waals surface area contributed by atoms with Gasteiger partial charge >= 0.3 is 5.97 Å². The van der Waals surface area contributed by atoms with E-state index in [4.69, 9.17) is 0 Å². The Balaban J connectivity index is 2.62. The van der Waals surface area contributed by atoms with Crippen LogP contribution in [-0.4, -0.2) is 37.9 Å². The van der Waals surface area contributed by atoms with Crippen LogP contribution in [0.4, 0.5) is 0 Å². The van der Waals surface area contributed by atoms with Crippen LogP contribution in [0.3, 0.4) is 0 Å². The van der Waals surface area contributed by atoms with Gasteiger partial charge in [0, 0.05) is 6.54 Å². The summed E-state index contributed by atoms with van der Waals surface area (Å²) in [6.45, 7) is 8.96. The summed E-state index contributed by atoms with van der Waals surface area (Å²) in [6, 6.07) is 0. The molecule has 1 aromatic heterocycles. The zero-order chi connectivity index (χ0) is 14.5. The van der Waals surface area contributed by atoms with Gasteiger partial charge < -0.3 is 10.4 Å². The van der Waals surface area contributed by atoms with E-state index in [1.54, 1.807) is 0 Å². The predicted octanol–water partition coefficient (Wildman–Crippen LogP) is 1.52. The monoisotopic (exact) mass is 268 g/mol. The molecule has 0 aliphatic heterocycles. The van der Waals surface area contributed by atoms with Crippen molar-refractivity contribution in [3.63, 3.8) is 0 Å². The highest BCUT2D eigenvalue weighted by atomic mass is 16.4. The first-order valence-electron chi connectivity index (χ1n) is 6.81. The summed E-state index contributed by atoms with van der Waals surface area (Å²) in [7, 11) is 0. The van der Waals surface area contributed by atoms with Gasteiger partial charge in [-0.3, -0.25) is 9.48 Å². The Hall–Kier alpha value is -1.43. The number of nitrogens with one attached hydrogen (secondary N) is 1. The molecule has 1 atom stereocenters. The molecule has 0 radical (unpaired) electrons. The van der Waals surface area contributed by atoms with E-state index in [2.05, 4.69) is 15.4 Å².